The Morgan fingerprint density at radius 1 is 1.00 bits per heavy atom. The van der Waals surface area contributed by atoms with E-state index in [1.165, 1.54) is 6.07 Å². The van der Waals surface area contributed by atoms with Crippen molar-refractivity contribution >= 4 is 23.2 Å². The van der Waals surface area contributed by atoms with E-state index in [0.717, 1.165) is 17.8 Å². The van der Waals surface area contributed by atoms with E-state index < -0.39 is 17.6 Å². The summed E-state index contributed by atoms with van der Waals surface area (Å²) in [5, 5.41) is 12.1. The van der Waals surface area contributed by atoms with Crippen molar-refractivity contribution in [2.45, 2.75) is 47.0 Å². The highest BCUT2D eigenvalue weighted by atomic mass is 35.5. The lowest BCUT2D eigenvalue weighted by atomic mass is 10.1. The van der Waals surface area contributed by atoms with Crippen LogP contribution in [0.3, 0.4) is 0 Å². The molecule has 1 amide bonds. The van der Waals surface area contributed by atoms with Crippen LogP contribution in [0.15, 0.2) is 40.8 Å². The van der Waals surface area contributed by atoms with Gasteiger partial charge in [-0.15, -0.1) is 0 Å². The lowest BCUT2D eigenvalue weighted by Crippen LogP contribution is -2.13. The zero-order valence-corrected chi connectivity index (χ0v) is 20.3. The molecule has 0 fully saturated rings. The first-order valence-electron chi connectivity index (χ1n) is 10.7. The smallest absolute Gasteiger partial charge is 0.416 e. The van der Waals surface area contributed by atoms with Gasteiger partial charge in [0.15, 0.2) is 5.76 Å². The van der Waals surface area contributed by atoms with Crippen LogP contribution in [0.25, 0.3) is 0 Å². The van der Waals surface area contributed by atoms with Gasteiger partial charge < -0.3 is 9.73 Å². The van der Waals surface area contributed by atoms with Crippen molar-refractivity contribution in [1.29, 1.82) is 0 Å². The number of rotatable bonds is 6. The number of carbonyl (C=O) groups is 1. The average Bonchev–Trinajstić information content (AvgIpc) is 3.44. The van der Waals surface area contributed by atoms with E-state index in [2.05, 4.69) is 15.5 Å². The second kappa shape index (κ2) is 9.26. The number of amides is 1. The molecule has 4 rings (SSSR count). The summed E-state index contributed by atoms with van der Waals surface area (Å²) in [6.07, 6.45) is -4.42. The number of benzene rings is 1. The van der Waals surface area contributed by atoms with Crippen LogP contribution in [0.4, 0.5) is 18.9 Å². The molecular formula is C24H23ClF3N5O2. The third-order valence-electron chi connectivity index (χ3n) is 5.69. The lowest BCUT2D eigenvalue weighted by Gasteiger charge is -2.10. The first-order valence-corrected chi connectivity index (χ1v) is 11.1. The molecular weight excluding hydrogens is 483 g/mol. The Labute approximate surface area is 204 Å². The fourth-order valence-corrected chi connectivity index (χ4v) is 3.92. The average molecular weight is 506 g/mol. The number of nitrogens with one attached hydrogen (secondary N) is 1. The van der Waals surface area contributed by atoms with Crippen LogP contribution in [-0.4, -0.2) is 25.5 Å². The van der Waals surface area contributed by atoms with Crippen molar-refractivity contribution in [3.8, 4) is 0 Å². The largest absolute Gasteiger partial charge is 0.454 e. The molecule has 0 aliphatic rings. The first-order chi connectivity index (χ1) is 16.4. The number of halogens is 4. The predicted molar refractivity (Wildman–Crippen MR) is 125 cm³/mol. The molecule has 0 aliphatic heterocycles. The van der Waals surface area contributed by atoms with Gasteiger partial charge in [-0.05, 0) is 57.5 Å². The topological polar surface area (TPSA) is 77.9 Å². The van der Waals surface area contributed by atoms with Gasteiger partial charge in [0.2, 0.25) is 0 Å². The number of nitrogens with zero attached hydrogens (tertiary/aromatic N) is 4. The standard InChI is InChI=1S/C24H23ClF3N5O2/c1-13-21(25)15(3)33(30-13)12-19-8-9-20(35-19)23(34)29-22-14(2)31-32(16(22)4)11-17-6-5-7-18(10-17)24(26,27)28/h5-10H,11-12H2,1-4H3,(H,29,34). The van der Waals surface area contributed by atoms with Crippen LogP contribution in [0.2, 0.25) is 5.02 Å². The molecule has 7 nitrogen and oxygen atoms in total. The van der Waals surface area contributed by atoms with E-state index in [0.29, 0.717) is 45.7 Å². The van der Waals surface area contributed by atoms with Gasteiger partial charge in [-0.3, -0.25) is 14.2 Å². The van der Waals surface area contributed by atoms with E-state index in [1.54, 1.807) is 41.4 Å². The van der Waals surface area contributed by atoms with Crippen LogP contribution in [-0.2, 0) is 19.3 Å². The number of hydrogen-bond acceptors (Lipinski definition) is 4. The molecule has 3 heterocycles. The molecule has 1 N–H and O–H groups in total. The van der Waals surface area contributed by atoms with Gasteiger partial charge in [-0.25, -0.2) is 0 Å². The van der Waals surface area contributed by atoms with Crippen molar-refractivity contribution in [2.75, 3.05) is 5.32 Å². The third kappa shape index (κ3) is 5.12. The number of aromatic nitrogens is 4. The van der Waals surface area contributed by atoms with Crippen LogP contribution < -0.4 is 5.32 Å². The summed E-state index contributed by atoms with van der Waals surface area (Å²) in [6.45, 7) is 7.56. The van der Waals surface area contributed by atoms with Gasteiger partial charge in [-0.2, -0.15) is 23.4 Å². The summed E-state index contributed by atoms with van der Waals surface area (Å²) >= 11 is 6.18. The number of alkyl halides is 3. The van der Waals surface area contributed by atoms with Crippen LogP contribution in [0.5, 0.6) is 0 Å². The van der Waals surface area contributed by atoms with E-state index in [-0.39, 0.29) is 12.3 Å². The highest BCUT2D eigenvalue weighted by Gasteiger charge is 2.30. The number of furan rings is 1. The highest BCUT2D eigenvalue weighted by Crippen LogP contribution is 2.30. The van der Waals surface area contributed by atoms with Crippen LogP contribution in [0.1, 0.15) is 50.2 Å². The van der Waals surface area contributed by atoms with E-state index in [4.69, 9.17) is 16.0 Å². The Bertz CT molecular complexity index is 1400. The lowest BCUT2D eigenvalue weighted by molar-refractivity contribution is -0.137. The summed E-state index contributed by atoms with van der Waals surface area (Å²) in [6, 6.07) is 8.34. The van der Waals surface area contributed by atoms with Crippen molar-refractivity contribution < 1.29 is 22.4 Å². The Morgan fingerprint density at radius 2 is 1.69 bits per heavy atom. The van der Waals surface area contributed by atoms with Crippen LogP contribution in [0, 0.1) is 27.7 Å². The molecule has 0 unspecified atom stereocenters. The van der Waals surface area contributed by atoms with Gasteiger partial charge in [0.05, 0.1) is 52.1 Å². The van der Waals surface area contributed by atoms with Crippen LogP contribution >= 0.6 is 11.6 Å². The Hall–Kier alpha value is -3.53. The molecule has 0 atom stereocenters. The SMILES string of the molecule is Cc1nn(Cc2ccc(C(=O)Nc3c(C)nn(Cc4cccc(C(F)(F)F)c4)c3C)o2)c(C)c1Cl. The maximum Gasteiger partial charge on any atom is 0.416 e. The predicted octanol–water partition coefficient (Wildman–Crippen LogP) is 5.93. The molecule has 0 radical (unpaired) electrons. The molecule has 184 valence electrons. The van der Waals surface area contributed by atoms with Crippen molar-refractivity contribution in [3.05, 3.63) is 86.8 Å². The molecule has 0 bridgehead atoms. The highest BCUT2D eigenvalue weighted by molar-refractivity contribution is 6.31. The van der Waals surface area contributed by atoms with Gasteiger partial charge in [0.25, 0.3) is 5.91 Å². The summed E-state index contributed by atoms with van der Waals surface area (Å²) in [7, 11) is 0. The molecule has 11 heteroatoms. The fourth-order valence-electron chi connectivity index (χ4n) is 3.79. The molecule has 0 aliphatic carbocycles. The van der Waals surface area contributed by atoms with E-state index in [1.807, 2.05) is 13.8 Å². The monoisotopic (exact) mass is 505 g/mol. The number of aryl methyl sites for hydroxylation is 2. The van der Waals surface area contributed by atoms with Crippen molar-refractivity contribution in [1.82, 2.24) is 19.6 Å². The normalized spacial score (nSPS) is 11.8. The molecule has 35 heavy (non-hydrogen) atoms. The maximum absolute atomic E-state index is 13.0. The van der Waals surface area contributed by atoms with E-state index in [9.17, 15) is 18.0 Å². The Kier molecular flexibility index (Phi) is 6.50. The minimum atomic E-state index is -4.42. The molecule has 0 saturated carbocycles. The minimum absolute atomic E-state index is 0.108. The molecule has 1 aromatic carbocycles. The quantitative estimate of drug-likeness (QED) is 0.352. The number of hydrogen-bond donors (Lipinski definition) is 1. The Morgan fingerprint density at radius 3 is 2.34 bits per heavy atom. The zero-order chi connectivity index (χ0) is 25.5. The summed E-state index contributed by atoms with van der Waals surface area (Å²) in [5.74, 6) is 0.177. The molecule has 4 aromatic rings. The maximum atomic E-state index is 13.0. The fraction of sp³-hybridized carbons (Fsp3) is 0.292. The van der Waals surface area contributed by atoms with Gasteiger partial charge in [0, 0.05) is 0 Å². The van der Waals surface area contributed by atoms with E-state index >= 15 is 0 Å². The Balaban J connectivity index is 1.48. The summed E-state index contributed by atoms with van der Waals surface area (Å²) in [5.41, 5.74) is 2.85. The third-order valence-corrected chi connectivity index (χ3v) is 6.24. The second-order valence-corrected chi connectivity index (χ2v) is 8.64. The van der Waals surface area contributed by atoms with Gasteiger partial charge in [0.1, 0.15) is 5.76 Å². The minimum Gasteiger partial charge on any atom is -0.454 e. The second-order valence-electron chi connectivity index (χ2n) is 8.26. The van der Waals surface area contributed by atoms with Crippen molar-refractivity contribution in [2.24, 2.45) is 0 Å². The first kappa shape index (κ1) is 24.6. The molecule has 0 spiro atoms. The molecule has 0 saturated heterocycles. The zero-order valence-electron chi connectivity index (χ0n) is 19.5. The summed E-state index contributed by atoms with van der Waals surface area (Å²) < 4.78 is 48.1. The van der Waals surface area contributed by atoms with Gasteiger partial charge in [-0.1, -0.05) is 23.7 Å². The molecule has 3 aromatic heterocycles. The summed E-state index contributed by atoms with van der Waals surface area (Å²) in [4.78, 5) is 12.8. The van der Waals surface area contributed by atoms with Crippen molar-refractivity contribution in [3.63, 3.8) is 0 Å². The van der Waals surface area contributed by atoms with Gasteiger partial charge >= 0.3 is 6.18 Å². The number of anilines is 1. The number of carbonyl (C=O) groups excluding carboxylic acids is 1.